The second kappa shape index (κ2) is 5.55. The Balaban J connectivity index is 1.91. The van der Waals surface area contributed by atoms with E-state index in [9.17, 15) is 0 Å². The van der Waals surface area contributed by atoms with E-state index < -0.39 is 0 Å². The van der Waals surface area contributed by atoms with Gasteiger partial charge in [-0.25, -0.2) is 0 Å². The Hall–Kier alpha value is -0.0100. The van der Waals surface area contributed by atoms with Gasteiger partial charge in [-0.3, -0.25) is 4.90 Å². The van der Waals surface area contributed by atoms with Crippen LogP contribution >= 0.6 is 50.2 Å². The molecular weight excluding hydrogens is 330 g/mol. The molecule has 2 aromatic rings. The van der Waals surface area contributed by atoms with Crippen LogP contribution in [0.15, 0.2) is 15.9 Å². The van der Waals surface area contributed by atoms with Gasteiger partial charge in [0, 0.05) is 21.3 Å². The zero-order valence-electron chi connectivity index (χ0n) is 8.48. The molecule has 0 amide bonds. The average Bonchev–Trinajstić information content (AvgIpc) is 2.76. The fourth-order valence-corrected chi connectivity index (χ4v) is 3.76. The Morgan fingerprint density at radius 3 is 2.81 bits per heavy atom. The molecule has 0 saturated carbocycles. The van der Waals surface area contributed by atoms with Gasteiger partial charge in [0.15, 0.2) is 0 Å². The van der Waals surface area contributed by atoms with Crippen LogP contribution in [0.2, 0.25) is 4.47 Å². The summed E-state index contributed by atoms with van der Waals surface area (Å²) >= 11 is 12.3. The second-order valence-electron chi connectivity index (χ2n) is 3.35. The van der Waals surface area contributed by atoms with Gasteiger partial charge in [0.2, 0.25) is 4.47 Å². The maximum Gasteiger partial charge on any atom is 0.207 e. The summed E-state index contributed by atoms with van der Waals surface area (Å²) < 4.78 is 1.64. The largest absolute Gasteiger partial charge is 0.295 e. The quantitative estimate of drug-likeness (QED) is 0.852. The first-order valence-electron chi connectivity index (χ1n) is 4.53. The standard InChI is InChI=1S/C9H9BrClN3S2/c1-14(3-7-2-6(10)5-15-7)4-8-12-13-9(11)16-8/h2,5H,3-4H2,1H3. The SMILES string of the molecule is CN(Cc1cc(Br)cs1)Cc1nnc(Cl)s1. The molecule has 0 aromatic carbocycles. The van der Waals surface area contributed by atoms with Crippen molar-refractivity contribution in [1.82, 2.24) is 15.1 Å². The molecule has 0 atom stereocenters. The molecule has 0 aliphatic rings. The molecule has 2 rings (SSSR count). The average molecular weight is 339 g/mol. The topological polar surface area (TPSA) is 29.0 Å². The highest BCUT2D eigenvalue weighted by Gasteiger charge is 2.07. The molecule has 0 fully saturated rings. The van der Waals surface area contributed by atoms with Crippen LogP contribution in [0.4, 0.5) is 0 Å². The summed E-state index contributed by atoms with van der Waals surface area (Å²) in [5, 5.41) is 10.8. The van der Waals surface area contributed by atoms with Gasteiger partial charge in [0.25, 0.3) is 0 Å². The normalized spacial score (nSPS) is 11.2. The highest BCUT2D eigenvalue weighted by molar-refractivity contribution is 9.10. The van der Waals surface area contributed by atoms with Crippen LogP contribution in [0.3, 0.4) is 0 Å². The minimum Gasteiger partial charge on any atom is -0.295 e. The van der Waals surface area contributed by atoms with E-state index in [-0.39, 0.29) is 0 Å². The molecule has 0 saturated heterocycles. The Morgan fingerprint density at radius 2 is 2.25 bits per heavy atom. The van der Waals surface area contributed by atoms with Gasteiger partial charge >= 0.3 is 0 Å². The lowest BCUT2D eigenvalue weighted by Crippen LogP contribution is -2.16. The van der Waals surface area contributed by atoms with Crippen molar-refractivity contribution in [2.45, 2.75) is 13.1 Å². The monoisotopic (exact) mass is 337 g/mol. The molecule has 2 aromatic heterocycles. The van der Waals surface area contributed by atoms with Crippen molar-refractivity contribution in [3.8, 4) is 0 Å². The molecule has 86 valence electrons. The highest BCUT2D eigenvalue weighted by atomic mass is 79.9. The first-order valence-corrected chi connectivity index (χ1v) is 7.39. The molecule has 0 bridgehead atoms. The van der Waals surface area contributed by atoms with E-state index in [4.69, 9.17) is 11.6 Å². The number of halogens is 2. The minimum atomic E-state index is 0.502. The highest BCUT2D eigenvalue weighted by Crippen LogP contribution is 2.22. The second-order valence-corrected chi connectivity index (χ2v) is 6.91. The summed E-state index contributed by atoms with van der Waals surface area (Å²) in [6.07, 6.45) is 0. The third kappa shape index (κ3) is 3.49. The van der Waals surface area contributed by atoms with Crippen LogP contribution in [0.25, 0.3) is 0 Å². The lowest BCUT2D eigenvalue weighted by atomic mass is 10.4. The van der Waals surface area contributed by atoms with E-state index in [1.165, 1.54) is 16.2 Å². The first kappa shape index (κ1) is 12.4. The van der Waals surface area contributed by atoms with Crippen molar-refractivity contribution in [2.24, 2.45) is 0 Å². The summed E-state index contributed by atoms with van der Waals surface area (Å²) in [5.74, 6) is 0. The molecule has 16 heavy (non-hydrogen) atoms. The Bertz CT molecular complexity index is 429. The van der Waals surface area contributed by atoms with E-state index in [2.05, 4.69) is 49.5 Å². The predicted molar refractivity (Wildman–Crippen MR) is 72.1 cm³/mol. The Kier molecular flexibility index (Phi) is 4.32. The Morgan fingerprint density at radius 1 is 1.44 bits per heavy atom. The molecule has 0 unspecified atom stereocenters. The van der Waals surface area contributed by atoms with Crippen LogP contribution < -0.4 is 0 Å². The molecule has 3 nitrogen and oxygen atoms in total. The molecule has 7 heteroatoms. The number of nitrogens with zero attached hydrogens (tertiary/aromatic N) is 3. The number of aromatic nitrogens is 2. The first-order chi connectivity index (χ1) is 7.63. The molecular formula is C9H9BrClN3S2. The smallest absolute Gasteiger partial charge is 0.207 e. The van der Waals surface area contributed by atoms with Crippen LogP contribution in [0.1, 0.15) is 9.88 Å². The van der Waals surface area contributed by atoms with E-state index in [1.54, 1.807) is 11.3 Å². The Labute approximate surface area is 115 Å². The van der Waals surface area contributed by atoms with E-state index in [0.717, 1.165) is 22.6 Å². The third-order valence-corrected chi connectivity index (χ3v) is 4.58. The van der Waals surface area contributed by atoms with E-state index in [1.807, 2.05) is 0 Å². The summed E-state index contributed by atoms with van der Waals surface area (Å²) in [7, 11) is 2.06. The van der Waals surface area contributed by atoms with Crippen molar-refractivity contribution in [3.63, 3.8) is 0 Å². The van der Waals surface area contributed by atoms with Crippen LogP contribution in [0.5, 0.6) is 0 Å². The van der Waals surface area contributed by atoms with Gasteiger partial charge in [-0.05, 0) is 40.6 Å². The minimum absolute atomic E-state index is 0.502. The van der Waals surface area contributed by atoms with Crippen molar-refractivity contribution in [2.75, 3.05) is 7.05 Å². The number of hydrogen-bond donors (Lipinski definition) is 0. The molecule has 0 aliphatic carbocycles. The number of rotatable bonds is 4. The van der Waals surface area contributed by atoms with Crippen LogP contribution in [0, 0.1) is 0 Å². The maximum absolute atomic E-state index is 5.73. The fraction of sp³-hybridized carbons (Fsp3) is 0.333. The van der Waals surface area contributed by atoms with Gasteiger partial charge in [0.1, 0.15) is 5.01 Å². The van der Waals surface area contributed by atoms with Crippen LogP contribution in [-0.2, 0) is 13.1 Å². The van der Waals surface area contributed by atoms with Crippen molar-refractivity contribution >= 4 is 50.2 Å². The van der Waals surface area contributed by atoms with Crippen molar-refractivity contribution in [1.29, 1.82) is 0 Å². The van der Waals surface area contributed by atoms with E-state index in [0.29, 0.717) is 4.47 Å². The molecule has 0 aliphatic heterocycles. The summed E-state index contributed by atoms with van der Waals surface area (Å²) in [4.78, 5) is 3.51. The number of hydrogen-bond acceptors (Lipinski definition) is 5. The summed E-state index contributed by atoms with van der Waals surface area (Å²) in [5.41, 5.74) is 0. The number of thiophene rings is 1. The zero-order valence-corrected chi connectivity index (χ0v) is 12.5. The molecule has 0 spiro atoms. The fourth-order valence-electron chi connectivity index (χ4n) is 1.29. The van der Waals surface area contributed by atoms with Gasteiger partial charge in [-0.1, -0.05) is 11.3 Å². The van der Waals surface area contributed by atoms with Gasteiger partial charge in [-0.15, -0.1) is 21.5 Å². The predicted octanol–water partition coefficient (Wildman–Crippen LogP) is 3.65. The molecule has 0 radical (unpaired) electrons. The van der Waals surface area contributed by atoms with E-state index >= 15 is 0 Å². The van der Waals surface area contributed by atoms with Gasteiger partial charge in [-0.2, -0.15) is 0 Å². The lowest BCUT2D eigenvalue weighted by Gasteiger charge is -2.12. The summed E-state index contributed by atoms with van der Waals surface area (Å²) in [6.45, 7) is 1.69. The van der Waals surface area contributed by atoms with Crippen molar-refractivity contribution < 1.29 is 0 Å². The zero-order chi connectivity index (χ0) is 11.5. The maximum atomic E-state index is 5.73. The molecule has 0 N–H and O–H groups in total. The van der Waals surface area contributed by atoms with Gasteiger partial charge in [0.05, 0.1) is 6.54 Å². The van der Waals surface area contributed by atoms with Crippen LogP contribution in [-0.4, -0.2) is 22.1 Å². The summed E-state index contributed by atoms with van der Waals surface area (Å²) in [6, 6.07) is 2.13. The van der Waals surface area contributed by atoms with Crippen molar-refractivity contribution in [3.05, 3.63) is 30.3 Å². The van der Waals surface area contributed by atoms with Gasteiger partial charge < -0.3 is 0 Å². The third-order valence-electron chi connectivity index (χ3n) is 1.89. The molecule has 2 heterocycles. The lowest BCUT2D eigenvalue weighted by molar-refractivity contribution is 0.320.